The van der Waals surface area contributed by atoms with Gasteiger partial charge in [0.25, 0.3) is 5.91 Å². The Labute approximate surface area is 138 Å². The Morgan fingerprint density at radius 2 is 1.87 bits per heavy atom. The van der Waals surface area contributed by atoms with E-state index < -0.39 is 9.84 Å². The summed E-state index contributed by atoms with van der Waals surface area (Å²) >= 11 is 0. The van der Waals surface area contributed by atoms with E-state index in [2.05, 4.69) is 20.8 Å². The van der Waals surface area contributed by atoms with Crippen molar-refractivity contribution in [2.75, 3.05) is 25.2 Å². The molecule has 1 heterocycles. The third kappa shape index (κ3) is 4.70. The molecule has 1 saturated heterocycles. The van der Waals surface area contributed by atoms with Crippen LogP contribution in [0.25, 0.3) is 0 Å². The molecular formula is C17H25NO4S. The predicted octanol–water partition coefficient (Wildman–Crippen LogP) is 2.01. The molecule has 0 N–H and O–H groups in total. The lowest BCUT2D eigenvalue weighted by atomic mass is 9.87. The predicted molar refractivity (Wildman–Crippen MR) is 90.5 cm³/mol. The second kappa shape index (κ2) is 6.51. The second-order valence-corrected chi connectivity index (χ2v) is 9.35. The highest BCUT2D eigenvalue weighted by atomic mass is 32.2. The molecule has 128 valence electrons. The SMILES string of the molecule is CN(C(=O)COc1ccc(C(C)(C)C)cc1)[C@@H]1CCS(=O)(=O)C1. The molecule has 1 fully saturated rings. The highest BCUT2D eigenvalue weighted by Gasteiger charge is 2.32. The van der Waals surface area contributed by atoms with Crippen molar-refractivity contribution in [2.45, 2.75) is 38.6 Å². The number of rotatable bonds is 4. The molecule has 0 spiro atoms. The van der Waals surface area contributed by atoms with Crippen molar-refractivity contribution in [1.29, 1.82) is 0 Å². The van der Waals surface area contributed by atoms with E-state index in [1.165, 1.54) is 10.5 Å². The molecule has 0 unspecified atom stereocenters. The fraction of sp³-hybridized carbons (Fsp3) is 0.588. The first-order chi connectivity index (χ1) is 10.6. The maximum atomic E-state index is 12.1. The fourth-order valence-corrected chi connectivity index (χ4v) is 4.36. The molecule has 1 aromatic rings. The second-order valence-electron chi connectivity index (χ2n) is 7.12. The maximum absolute atomic E-state index is 12.1. The molecule has 6 heteroatoms. The molecule has 1 amide bonds. The average molecular weight is 339 g/mol. The van der Waals surface area contributed by atoms with Crippen LogP contribution in [0.15, 0.2) is 24.3 Å². The highest BCUT2D eigenvalue weighted by Crippen LogP contribution is 2.24. The Balaban J connectivity index is 1.89. The van der Waals surface area contributed by atoms with Crippen LogP contribution in [0.5, 0.6) is 5.75 Å². The van der Waals surface area contributed by atoms with Gasteiger partial charge in [0.15, 0.2) is 16.4 Å². The van der Waals surface area contributed by atoms with Crippen LogP contribution in [0.2, 0.25) is 0 Å². The van der Waals surface area contributed by atoms with Gasteiger partial charge in [0.05, 0.1) is 11.5 Å². The smallest absolute Gasteiger partial charge is 0.260 e. The molecular weight excluding hydrogens is 314 g/mol. The summed E-state index contributed by atoms with van der Waals surface area (Å²) in [5.74, 6) is 0.644. The summed E-state index contributed by atoms with van der Waals surface area (Å²) < 4.78 is 28.5. The Bertz CT molecular complexity index is 659. The molecule has 0 bridgehead atoms. The quantitative estimate of drug-likeness (QED) is 0.842. The van der Waals surface area contributed by atoms with E-state index in [1.807, 2.05) is 24.3 Å². The molecule has 2 rings (SSSR count). The van der Waals surface area contributed by atoms with Crippen LogP contribution < -0.4 is 4.74 Å². The standard InChI is InChI=1S/C17H25NO4S/c1-17(2,3)13-5-7-15(8-6-13)22-11-16(19)18(4)14-9-10-23(20,21)12-14/h5-8,14H,9-12H2,1-4H3/t14-/m1/s1. The lowest BCUT2D eigenvalue weighted by Crippen LogP contribution is -2.40. The third-order valence-corrected chi connectivity index (χ3v) is 5.98. The number of benzene rings is 1. The largest absolute Gasteiger partial charge is 0.484 e. The maximum Gasteiger partial charge on any atom is 0.260 e. The number of nitrogens with zero attached hydrogens (tertiary/aromatic N) is 1. The van der Waals surface area contributed by atoms with Crippen molar-refractivity contribution >= 4 is 15.7 Å². The van der Waals surface area contributed by atoms with E-state index in [0.717, 1.165) is 0 Å². The lowest BCUT2D eigenvalue weighted by Gasteiger charge is -2.23. The summed E-state index contributed by atoms with van der Waals surface area (Å²) in [5, 5.41) is 0. The van der Waals surface area contributed by atoms with Gasteiger partial charge in [-0.1, -0.05) is 32.9 Å². The molecule has 0 aromatic heterocycles. The van der Waals surface area contributed by atoms with Crippen LogP contribution in [0, 0.1) is 0 Å². The molecule has 1 aliphatic rings. The number of carbonyl (C=O) groups excluding carboxylic acids is 1. The summed E-state index contributed by atoms with van der Waals surface area (Å²) in [6, 6.07) is 7.46. The minimum atomic E-state index is -2.99. The average Bonchev–Trinajstić information content (AvgIpc) is 2.83. The number of hydrogen-bond donors (Lipinski definition) is 0. The van der Waals surface area contributed by atoms with Crippen LogP contribution in [0.1, 0.15) is 32.8 Å². The number of hydrogen-bond acceptors (Lipinski definition) is 4. The minimum Gasteiger partial charge on any atom is -0.484 e. The van der Waals surface area contributed by atoms with Crippen LogP contribution in [-0.4, -0.2) is 50.4 Å². The number of amides is 1. The first-order valence-electron chi connectivity index (χ1n) is 7.78. The topological polar surface area (TPSA) is 63.7 Å². The molecule has 23 heavy (non-hydrogen) atoms. The van der Waals surface area contributed by atoms with E-state index in [0.29, 0.717) is 12.2 Å². The Hall–Kier alpha value is -1.56. The summed E-state index contributed by atoms with van der Waals surface area (Å²) in [7, 11) is -1.36. The van der Waals surface area contributed by atoms with E-state index >= 15 is 0 Å². The molecule has 1 aliphatic heterocycles. The fourth-order valence-electron chi connectivity index (χ4n) is 2.58. The zero-order chi connectivity index (χ0) is 17.3. The molecule has 0 radical (unpaired) electrons. The summed E-state index contributed by atoms with van der Waals surface area (Å²) in [5.41, 5.74) is 1.27. The molecule has 5 nitrogen and oxygen atoms in total. The Morgan fingerprint density at radius 3 is 2.35 bits per heavy atom. The van der Waals surface area contributed by atoms with Crippen molar-refractivity contribution in [3.8, 4) is 5.75 Å². The van der Waals surface area contributed by atoms with E-state index in [4.69, 9.17) is 4.74 Å². The molecule has 0 aliphatic carbocycles. The van der Waals surface area contributed by atoms with Crippen molar-refractivity contribution in [3.05, 3.63) is 29.8 Å². The monoisotopic (exact) mass is 339 g/mol. The zero-order valence-corrected chi connectivity index (χ0v) is 15.0. The van der Waals surface area contributed by atoms with Crippen molar-refractivity contribution in [3.63, 3.8) is 0 Å². The van der Waals surface area contributed by atoms with Crippen LogP contribution >= 0.6 is 0 Å². The van der Waals surface area contributed by atoms with E-state index in [-0.39, 0.29) is 35.5 Å². The van der Waals surface area contributed by atoms with Gasteiger partial charge >= 0.3 is 0 Å². The summed E-state index contributed by atoms with van der Waals surface area (Å²) in [6.45, 7) is 6.33. The number of carbonyl (C=O) groups is 1. The normalized spacial score (nSPS) is 20.3. The van der Waals surface area contributed by atoms with Gasteiger partial charge in [-0.2, -0.15) is 0 Å². The minimum absolute atomic E-state index is 0.0511. The first-order valence-corrected chi connectivity index (χ1v) is 9.60. The van der Waals surface area contributed by atoms with Crippen LogP contribution in [0.4, 0.5) is 0 Å². The highest BCUT2D eigenvalue weighted by molar-refractivity contribution is 7.91. The van der Waals surface area contributed by atoms with Gasteiger partial charge < -0.3 is 9.64 Å². The van der Waals surface area contributed by atoms with Gasteiger partial charge in [0, 0.05) is 13.1 Å². The van der Waals surface area contributed by atoms with E-state index in [9.17, 15) is 13.2 Å². The number of sulfone groups is 1. The zero-order valence-electron chi connectivity index (χ0n) is 14.2. The molecule has 0 saturated carbocycles. The Morgan fingerprint density at radius 1 is 1.26 bits per heavy atom. The van der Waals surface area contributed by atoms with Gasteiger partial charge in [-0.3, -0.25) is 4.79 Å². The van der Waals surface area contributed by atoms with Crippen molar-refractivity contribution in [2.24, 2.45) is 0 Å². The Kier molecular flexibility index (Phi) is 5.04. The summed E-state index contributed by atoms with van der Waals surface area (Å²) in [6.07, 6.45) is 0.505. The number of ether oxygens (including phenoxy) is 1. The summed E-state index contributed by atoms with van der Waals surface area (Å²) in [4.78, 5) is 13.6. The lowest BCUT2D eigenvalue weighted by molar-refractivity contribution is -0.133. The van der Waals surface area contributed by atoms with E-state index in [1.54, 1.807) is 7.05 Å². The van der Waals surface area contributed by atoms with Gasteiger partial charge in [0.2, 0.25) is 0 Å². The van der Waals surface area contributed by atoms with Gasteiger partial charge in [-0.05, 0) is 29.5 Å². The van der Waals surface area contributed by atoms with Crippen LogP contribution in [0.3, 0.4) is 0 Å². The first kappa shape index (κ1) is 17.8. The van der Waals surface area contributed by atoms with Crippen LogP contribution in [-0.2, 0) is 20.0 Å². The van der Waals surface area contributed by atoms with Gasteiger partial charge in [-0.15, -0.1) is 0 Å². The van der Waals surface area contributed by atoms with Gasteiger partial charge in [-0.25, -0.2) is 8.42 Å². The third-order valence-electron chi connectivity index (χ3n) is 4.23. The molecule has 1 atom stereocenters. The van der Waals surface area contributed by atoms with Crippen molar-refractivity contribution in [1.82, 2.24) is 4.90 Å². The number of likely N-dealkylation sites (N-methyl/N-ethyl adjacent to an activating group) is 1. The molecule has 1 aromatic carbocycles. The van der Waals surface area contributed by atoms with Gasteiger partial charge in [0.1, 0.15) is 5.75 Å². The van der Waals surface area contributed by atoms with Crippen molar-refractivity contribution < 1.29 is 17.9 Å².